The molecule has 0 aliphatic carbocycles. The second-order valence-electron chi connectivity index (χ2n) is 7.16. The van der Waals surface area contributed by atoms with Crippen LogP contribution in [-0.4, -0.2) is 46.3 Å². The van der Waals surface area contributed by atoms with Gasteiger partial charge in [-0.25, -0.2) is 4.98 Å². The average molecular weight is 401 g/mol. The van der Waals surface area contributed by atoms with E-state index in [0.717, 1.165) is 48.4 Å². The quantitative estimate of drug-likeness (QED) is 0.690. The van der Waals surface area contributed by atoms with Gasteiger partial charge in [0.2, 0.25) is 11.8 Å². The summed E-state index contributed by atoms with van der Waals surface area (Å²) in [4.78, 5) is 34.9. The first-order chi connectivity index (χ1) is 13.7. The molecule has 1 aliphatic rings. The maximum Gasteiger partial charge on any atom is 0.223 e. The summed E-state index contributed by atoms with van der Waals surface area (Å²) in [5.74, 6) is 0.374. The van der Waals surface area contributed by atoms with Crippen molar-refractivity contribution in [3.05, 3.63) is 34.9 Å². The maximum atomic E-state index is 12.4. The van der Waals surface area contributed by atoms with Gasteiger partial charge in [-0.05, 0) is 37.8 Å². The number of carbonyl (C=O) groups excluding carboxylic acids is 2. The number of piperidine rings is 1. The van der Waals surface area contributed by atoms with Gasteiger partial charge in [0.15, 0.2) is 0 Å². The third-order valence-electron chi connectivity index (χ3n) is 5.08. The lowest BCUT2D eigenvalue weighted by molar-refractivity contribution is -0.135. The molecule has 28 heavy (non-hydrogen) atoms. The van der Waals surface area contributed by atoms with Crippen LogP contribution >= 0.6 is 11.3 Å². The molecule has 0 saturated carbocycles. The first-order valence-corrected chi connectivity index (χ1v) is 11.0. The first kappa shape index (κ1) is 20.5. The Hall–Kier alpha value is -2.28. The van der Waals surface area contributed by atoms with Crippen LogP contribution in [-0.2, 0) is 16.0 Å². The van der Waals surface area contributed by atoms with E-state index < -0.39 is 0 Å². The highest BCUT2D eigenvalue weighted by Crippen LogP contribution is 2.22. The first-order valence-electron chi connectivity index (χ1n) is 10.1. The molecule has 0 spiro atoms. The highest BCUT2D eigenvalue weighted by atomic mass is 32.1. The molecule has 1 aliphatic heterocycles. The Morgan fingerprint density at radius 1 is 1.25 bits per heavy atom. The van der Waals surface area contributed by atoms with Gasteiger partial charge in [-0.15, -0.1) is 11.3 Å². The second-order valence-corrected chi connectivity index (χ2v) is 8.10. The molecule has 1 N–H and O–H groups in total. The Bertz CT molecular complexity index is 770. The van der Waals surface area contributed by atoms with Crippen molar-refractivity contribution in [3.8, 4) is 11.3 Å². The maximum absolute atomic E-state index is 12.4. The molecule has 0 radical (unpaired) electrons. The van der Waals surface area contributed by atoms with Crippen LogP contribution in [0.25, 0.3) is 11.3 Å². The van der Waals surface area contributed by atoms with Crippen molar-refractivity contribution in [1.82, 2.24) is 20.2 Å². The van der Waals surface area contributed by atoms with Gasteiger partial charge in [0, 0.05) is 61.7 Å². The van der Waals surface area contributed by atoms with Crippen LogP contribution in [0.4, 0.5) is 0 Å². The Labute approximate surface area is 170 Å². The molecule has 3 heterocycles. The van der Waals surface area contributed by atoms with Crippen LogP contribution in [0.2, 0.25) is 0 Å². The summed E-state index contributed by atoms with van der Waals surface area (Å²) in [5.41, 5.74) is 2.06. The molecular weight excluding hydrogens is 372 g/mol. The summed E-state index contributed by atoms with van der Waals surface area (Å²) in [7, 11) is 0. The number of nitrogens with zero attached hydrogens (tertiary/aromatic N) is 3. The Kier molecular flexibility index (Phi) is 7.54. The lowest BCUT2D eigenvalue weighted by atomic mass is 9.95. The van der Waals surface area contributed by atoms with Gasteiger partial charge < -0.3 is 10.2 Å². The molecule has 1 saturated heterocycles. The lowest BCUT2D eigenvalue weighted by Crippen LogP contribution is -2.43. The Morgan fingerprint density at radius 3 is 2.71 bits per heavy atom. The summed E-state index contributed by atoms with van der Waals surface area (Å²) in [6, 6.07) is 3.92. The van der Waals surface area contributed by atoms with Gasteiger partial charge in [-0.1, -0.05) is 6.92 Å². The van der Waals surface area contributed by atoms with Gasteiger partial charge in [-0.2, -0.15) is 0 Å². The summed E-state index contributed by atoms with van der Waals surface area (Å²) in [6.45, 7) is 4.09. The van der Waals surface area contributed by atoms with Gasteiger partial charge in [-0.3, -0.25) is 14.6 Å². The van der Waals surface area contributed by atoms with E-state index in [4.69, 9.17) is 0 Å². The molecule has 2 amide bonds. The van der Waals surface area contributed by atoms with Crippen molar-refractivity contribution in [2.45, 2.75) is 45.4 Å². The van der Waals surface area contributed by atoms with E-state index in [1.807, 2.05) is 24.0 Å². The molecule has 0 atom stereocenters. The number of likely N-dealkylation sites (tertiary alicyclic amines) is 1. The minimum Gasteiger partial charge on any atom is -0.356 e. The van der Waals surface area contributed by atoms with Crippen molar-refractivity contribution in [3.63, 3.8) is 0 Å². The third kappa shape index (κ3) is 5.61. The molecule has 2 aromatic heterocycles. The summed E-state index contributed by atoms with van der Waals surface area (Å²) < 4.78 is 0. The number of aromatic nitrogens is 2. The molecule has 1 fully saturated rings. The zero-order chi connectivity index (χ0) is 19.8. The van der Waals surface area contributed by atoms with Crippen LogP contribution in [0, 0.1) is 5.92 Å². The SMILES string of the molecule is CCCC(=O)N1CCC(C(=O)NCCCc2nc(-c3ccncc3)cs2)CC1. The van der Waals surface area contributed by atoms with E-state index in [1.165, 1.54) is 0 Å². The summed E-state index contributed by atoms with van der Waals surface area (Å²) >= 11 is 1.66. The Balaban J connectivity index is 1.35. The number of pyridine rings is 1. The van der Waals surface area contributed by atoms with Crippen LogP contribution in [0.5, 0.6) is 0 Å². The van der Waals surface area contributed by atoms with Crippen LogP contribution in [0.1, 0.15) is 44.0 Å². The molecule has 0 unspecified atom stereocenters. The van der Waals surface area contributed by atoms with E-state index in [2.05, 4.69) is 20.7 Å². The molecule has 150 valence electrons. The fraction of sp³-hybridized carbons (Fsp3) is 0.524. The summed E-state index contributed by atoms with van der Waals surface area (Å²) in [5, 5.41) is 6.21. The monoisotopic (exact) mass is 400 g/mol. The standard InChI is InChI=1S/C21H28N4O2S/c1-2-4-20(26)25-13-8-17(9-14-25)21(27)23-10-3-5-19-24-18(15-28-19)16-6-11-22-12-7-16/h6-7,11-12,15,17H,2-5,8-10,13-14H2,1H3,(H,23,27). The van der Waals surface area contributed by atoms with E-state index in [9.17, 15) is 9.59 Å². The van der Waals surface area contributed by atoms with Gasteiger partial charge in [0.25, 0.3) is 0 Å². The van der Waals surface area contributed by atoms with E-state index in [-0.39, 0.29) is 17.7 Å². The van der Waals surface area contributed by atoms with Crippen molar-refractivity contribution in [1.29, 1.82) is 0 Å². The van der Waals surface area contributed by atoms with Crippen LogP contribution in [0.3, 0.4) is 0 Å². The van der Waals surface area contributed by atoms with Crippen LogP contribution < -0.4 is 5.32 Å². The number of thiazole rings is 1. The number of aryl methyl sites for hydroxylation is 1. The van der Waals surface area contributed by atoms with Crippen molar-refractivity contribution in [2.75, 3.05) is 19.6 Å². The molecule has 6 nitrogen and oxygen atoms in total. The predicted molar refractivity (Wildman–Crippen MR) is 111 cm³/mol. The molecule has 0 aromatic carbocycles. The minimum atomic E-state index is 0.0313. The fourth-order valence-corrected chi connectivity index (χ4v) is 4.29. The van der Waals surface area contributed by atoms with Crippen LogP contribution in [0.15, 0.2) is 29.9 Å². The topological polar surface area (TPSA) is 75.2 Å². The number of amides is 2. The van der Waals surface area contributed by atoms with E-state index >= 15 is 0 Å². The van der Waals surface area contributed by atoms with Crippen molar-refractivity contribution >= 4 is 23.2 Å². The largest absolute Gasteiger partial charge is 0.356 e. The van der Waals surface area contributed by atoms with Crippen molar-refractivity contribution < 1.29 is 9.59 Å². The number of rotatable bonds is 8. The normalized spacial score (nSPS) is 14.8. The van der Waals surface area contributed by atoms with Gasteiger partial charge in [0.05, 0.1) is 10.7 Å². The zero-order valence-electron chi connectivity index (χ0n) is 16.4. The highest BCUT2D eigenvalue weighted by molar-refractivity contribution is 7.09. The smallest absolute Gasteiger partial charge is 0.223 e. The number of hydrogen-bond donors (Lipinski definition) is 1. The highest BCUT2D eigenvalue weighted by Gasteiger charge is 2.26. The third-order valence-corrected chi connectivity index (χ3v) is 5.99. The molecule has 2 aromatic rings. The zero-order valence-corrected chi connectivity index (χ0v) is 17.2. The molecular formula is C21H28N4O2S. The predicted octanol–water partition coefficient (Wildman–Crippen LogP) is 3.29. The second kappa shape index (κ2) is 10.3. The number of hydrogen-bond acceptors (Lipinski definition) is 5. The Morgan fingerprint density at radius 2 is 2.00 bits per heavy atom. The van der Waals surface area contributed by atoms with Crippen molar-refractivity contribution in [2.24, 2.45) is 5.92 Å². The minimum absolute atomic E-state index is 0.0313. The molecule has 0 bridgehead atoms. The number of carbonyl (C=O) groups is 2. The molecule has 7 heteroatoms. The van der Waals surface area contributed by atoms with Gasteiger partial charge in [0.1, 0.15) is 0 Å². The lowest BCUT2D eigenvalue weighted by Gasteiger charge is -2.31. The van der Waals surface area contributed by atoms with E-state index in [1.54, 1.807) is 23.7 Å². The molecule has 3 rings (SSSR count). The average Bonchev–Trinajstić information content (AvgIpc) is 3.21. The fourth-order valence-electron chi connectivity index (χ4n) is 3.44. The van der Waals surface area contributed by atoms with Gasteiger partial charge >= 0.3 is 0 Å². The van der Waals surface area contributed by atoms with E-state index in [0.29, 0.717) is 26.1 Å². The summed E-state index contributed by atoms with van der Waals surface area (Å²) in [6.07, 6.45) is 8.30. The number of nitrogens with one attached hydrogen (secondary N) is 1.